The van der Waals surface area contributed by atoms with Crippen LogP contribution < -0.4 is 0 Å². The molecule has 0 aliphatic carbocycles. The van der Waals surface area contributed by atoms with E-state index in [0.717, 1.165) is 23.4 Å². The lowest BCUT2D eigenvalue weighted by Gasteiger charge is -2.11. The summed E-state index contributed by atoms with van der Waals surface area (Å²) >= 11 is 0. The standard InChI is InChI=1S/C26H25N3O/c1-17(2)13-21-14-20(10-9-19-7-5-4-6-8-19)11-12-23(21)25-28-24-15-22(18(3)30)16-27-26(24)29-25/h4-12,14-17H,13H2,1-3H3,(H,27,28,29)/b10-9+. The van der Waals surface area contributed by atoms with Crippen molar-refractivity contribution in [3.05, 3.63) is 83.0 Å². The maximum atomic E-state index is 11.7. The van der Waals surface area contributed by atoms with Crippen molar-refractivity contribution in [2.24, 2.45) is 5.92 Å². The van der Waals surface area contributed by atoms with Crippen molar-refractivity contribution in [2.45, 2.75) is 27.2 Å². The first-order valence-electron chi connectivity index (χ1n) is 10.2. The zero-order valence-electron chi connectivity index (χ0n) is 17.5. The molecule has 4 rings (SSSR count). The van der Waals surface area contributed by atoms with Crippen LogP contribution in [-0.2, 0) is 6.42 Å². The number of rotatable bonds is 6. The van der Waals surface area contributed by atoms with Gasteiger partial charge in [-0.1, -0.05) is 74.5 Å². The number of benzene rings is 2. The Morgan fingerprint density at radius 2 is 1.80 bits per heavy atom. The van der Waals surface area contributed by atoms with E-state index in [2.05, 4.69) is 66.3 Å². The number of Topliss-reactive ketones (excluding diaryl/α,β-unsaturated/α-hetero) is 1. The molecule has 0 aliphatic heterocycles. The third-order valence-electron chi connectivity index (χ3n) is 5.02. The minimum absolute atomic E-state index is 0.0102. The molecule has 0 radical (unpaired) electrons. The van der Waals surface area contributed by atoms with Crippen molar-refractivity contribution >= 4 is 29.1 Å². The summed E-state index contributed by atoms with van der Waals surface area (Å²) in [7, 11) is 0. The maximum Gasteiger partial charge on any atom is 0.161 e. The number of imidazole rings is 1. The second-order valence-electron chi connectivity index (χ2n) is 7.99. The number of aromatic nitrogens is 3. The van der Waals surface area contributed by atoms with Crippen molar-refractivity contribution in [1.82, 2.24) is 15.0 Å². The van der Waals surface area contributed by atoms with Crippen LogP contribution in [0.3, 0.4) is 0 Å². The van der Waals surface area contributed by atoms with Gasteiger partial charge in [-0.15, -0.1) is 0 Å². The second-order valence-corrected chi connectivity index (χ2v) is 7.99. The van der Waals surface area contributed by atoms with Gasteiger partial charge in [0.15, 0.2) is 11.4 Å². The number of aromatic amines is 1. The summed E-state index contributed by atoms with van der Waals surface area (Å²) in [6, 6.07) is 18.5. The monoisotopic (exact) mass is 395 g/mol. The van der Waals surface area contributed by atoms with Gasteiger partial charge >= 0.3 is 0 Å². The Kier molecular flexibility index (Phi) is 5.57. The number of carbonyl (C=O) groups excluding carboxylic acids is 1. The average Bonchev–Trinajstić information content (AvgIpc) is 3.15. The van der Waals surface area contributed by atoms with Gasteiger partial charge in [0.1, 0.15) is 11.3 Å². The highest BCUT2D eigenvalue weighted by atomic mass is 16.1. The van der Waals surface area contributed by atoms with E-state index in [-0.39, 0.29) is 5.78 Å². The molecule has 4 aromatic rings. The van der Waals surface area contributed by atoms with Crippen LogP contribution in [0.2, 0.25) is 0 Å². The van der Waals surface area contributed by atoms with Crippen LogP contribution in [-0.4, -0.2) is 20.7 Å². The Morgan fingerprint density at radius 1 is 1.03 bits per heavy atom. The highest BCUT2D eigenvalue weighted by molar-refractivity contribution is 5.96. The molecule has 0 saturated carbocycles. The number of hydrogen-bond donors (Lipinski definition) is 1. The minimum atomic E-state index is -0.0102. The normalized spacial score (nSPS) is 11.6. The number of nitrogens with one attached hydrogen (secondary N) is 1. The Balaban J connectivity index is 1.72. The third-order valence-corrected chi connectivity index (χ3v) is 5.02. The minimum Gasteiger partial charge on any atom is -0.323 e. The molecule has 4 heteroatoms. The molecule has 0 spiro atoms. The van der Waals surface area contributed by atoms with Crippen molar-refractivity contribution in [3.63, 3.8) is 0 Å². The Labute approximate surface area is 176 Å². The number of pyridine rings is 1. The van der Waals surface area contributed by atoms with E-state index < -0.39 is 0 Å². The second kappa shape index (κ2) is 8.46. The van der Waals surface area contributed by atoms with E-state index in [1.807, 2.05) is 18.2 Å². The van der Waals surface area contributed by atoms with Crippen LogP contribution >= 0.6 is 0 Å². The molecule has 0 aliphatic rings. The first-order chi connectivity index (χ1) is 14.5. The molecular weight excluding hydrogens is 370 g/mol. The van der Waals surface area contributed by atoms with Crippen molar-refractivity contribution < 1.29 is 4.79 Å². The van der Waals surface area contributed by atoms with Gasteiger partial charge in [-0.05, 0) is 42.0 Å². The highest BCUT2D eigenvalue weighted by Crippen LogP contribution is 2.27. The van der Waals surface area contributed by atoms with Crippen molar-refractivity contribution in [1.29, 1.82) is 0 Å². The van der Waals surface area contributed by atoms with Gasteiger partial charge in [0.05, 0.1) is 0 Å². The number of carbonyl (C=O) groups is 1. The lowest BCUT2D eigenvalue weighted by atomic mass is 9.95. The summed E-state index contributed by atoms with van der Waals surface area (Å²) in [5, 5.41) is 0. The summed E-state index contributed by atoms with van der Waals surface area (Å²) in [5.74, 6) is 1.29. The molecule has 150 valence electrons. The maximum absolute atomic E-state index is 11.7. The zero-order valence-corrected chi connectivity index (χ0v) is 17.5. The lowest BCUT2D eigenvalue weighted by molar-refractivity contribution is 0.101. The molecule has 2 aromatic carbocycles. The van der Waals surface area contributed by atoms with Gasteiger partial charge < -0.3 is 4.98 Å². The molecular formula is C26H25N3O. The molecule has 2 aromatic heterocycles. The van der Waals surface area contributed by atoms with Gasteiger partial charge in [-0.2, -0.15) is 0 Å². The fourth-order valence-corrected chi connectivity index (χ4v) is 3.53. The molecule has 0 unspecified atom stereocenters. The van der Waals surface area contributed by atoms with Crippen LogP contribution in [0.1, 0.15) is 47.8 Å². The zero-order chi connectivity index (χ0) is 21.1. The topological polar surface area (TPSA) is 58.6 Å². The van der Waals surface area contributed by atoms with Gasteiger partial charge in [0.25, 0.3) is 0 Å². The molecule has 0 saturated heterocycles. The SMILES string of the molecule is CC(=O)c1cnc2[nH]c(-c3ccc(/C=C/c4ccccc4)cc3CC(C)C)nc2c1. The molecule has 1 N–H and O–H groups in total. The molecule has 0 atom stereocenters. The number of ketones is 1. The Hall–Kier alpha value is -3.53. The van der Waals surface area contributed by atoms with Crippen molar-refractivity contribution in [3.8, 4) is 11.4 Å². The first-order valence-corrected chi connectivity index (χ1v) is 10.2. The van der Waals surface area contributed by atoms with E-state index >= 15 is 0 Å². The summed E-state index contributed by atoms with van der Waals surface area (Å²) in [6.07, 6.45) is 6.81. The van der Waals surface area contributed by atoms with Gasteiger partial charge in [0.2, 0.25) is 0 Å². The largest absolute Gasteiger partial charge is 0.323 e. The average molecular weight is 396 g/mol. The number of nitrogens with zero attached hydrogens (tertiary/aromatic N) is 2. The first kappa shape index (κ1) is 19.8. The molecule has 30 heavy (non-hydrogen) atoms. The smallest absolute Gasteiger partial charge is 0.161 e. The summed E-state index contributed by atoms with van der Waals surface area (Å²) in [6.45, 7) is 5.98. The lowest BCUT2D eigenvalue weighted by Crippen LogP contribution is -1.98. The molecule has 4 nitrogen and oxygen atoms in total. The number of H-pyrrole nitrogens is 1. The van der Waals surface area contributed by atoms with Crippen LogP contribution in [0.25, 0.3) is 34.7 Å². The van der Waals surface area contributed by atoms with E-state index in [0.29, 0.717) is 22.6 Å². The predicted octanol–water partition coefficient (Wildman–Crippen LogP) is 6.20. The third kappa shape index (κ3) is 4.38. The summed E-state index contributed by atoms with van der Waals surface area (Å²) in [5.41, 5.74) is 6.63. The van der Waals surface area contributed by atoms with Gasteiger partial charge in [-0.3, -0.25) is 4.79 Å². The van der Waals surface area contributed by atoms with E-state index in [9.17, 15) is 4.79 Å². The fraction of sp³-hybridized carbons (Fsp3) is 0.192. The van der Waals surface area contributed by atoms with Gasteiger partial charge in [0, 0.05) is 17.3 Å². The molecule has 0 fully saturated rings. The highest BCUT2D eigenvalue weighted by Gasteiger charge is 2.13. The van der Waals surface area contributed by atoms with E-state index in [1.54, 1.807) is 19.2 Å². The molecule has 0 amide bonds. The molecule has 2 heterocycles. The predicted molar refractivity (Wildman–Crippen MR) is 123 cm³/mol. The fourth-order valence-electron chi connectivity index (χ4n) is 3.53. The molecule has 0 bridgehead atoms. The Morgan fingerprint density at radius 3 is 2.53 bits per heavy atom. The summed E-state index contributed by atoms with van der Waals surface area (Å²) < 4.78 is 0. The van der Waals surface area contributed by atoms with Crippen LogP contribution in [0, 0.1) is 5.92 Å². The number of fused-ring (bicyclic) bond motifs is 1. The van der Waals surface area contributed by atoms with Crippen LogP contribution in [0.4, 0.5) is 0 Å². The quantitative estimate of drug-likeness (QED) is 0.312. The Bertz CT molecular complexity index is 1220. The van der Waals surface area contributed by atoms with Crippen LogP contribution in [0.15, 0.2) is 60.8 Å². The summed E-state index contributed by atoms with van der Waals surface area (Å²) in [4.78, 5) is 24.1. The van der Waals surface area contributed by atoms with Gasteiger partial charge in [-0.25, -0.2) is 9.97 Å². The number of hydrogen-bond acceptors (Lipinski definition) is 3. The van der Waals surface area contributed by atoms with E-state index in [1.165, 1.54) is 11.1 Å². The van der Waals surface area contributed by atoms with Crippen LogP contribution in [0.5, 0.6) is 0 Å². The van der Waals surface area contributed by atoms with E-state index in [4.69, 9.17) is 4.98 Å². The van der Waals surface area contributed by atoms with Crippen molar-refractivity contribution in [2.75, 3.05) is 0 Å².